The summed E-state index contributed by atoms with van der Waals surface area (Å²) in [4.78, 5) is 25.2. The van der Waals surface area contributed by atoms with E-state index >= 15 is 0 Å². The number of carbonyl (C=O) groups excluding carboxylic acids is 2. The normalized spacial score (nSPS) is 17.4. The van der Waals surface area contributed by atoms with E-state index in [9.17, 15) is 18.0 Å². The molecule has 1 aliphatic heterocycles. The molecule has 0 atom stereocenters. The van der Waals surface area contributed by atoms with Crippen molar-refractivity contribution in [3.8, 4) is 0 Å². The topological polar surface area (TPSA) is 95.6 Å². The molecule has 2 amide bonds. The Morgan fingerprint density at radius 2 is 1.53 bits per heavy atom. The van der Waals surface area contributed by atoms with Crippen LogP contribution in [0, 0.1) is 26.7 Å². The lowest BCUT2D eigenvalue weighted by Crippen LogP contribution is -2.43. The Bertz CT molecular complexity index is 1160. The third-order valence-corrected chi connectivity index (χ3v) is 8.83. The summed E-state index contributed by atoms with van der Waals surface area (Å²) < 4.78 is 28.0. The van der Waals surface area contributed by atoms with E-state index in [1.807, 2.05) is 45.0 Å². The number of rotatable bonds is 7. The molecule has 8 heteroatoms. The predicted molar refractivity (Wildman–Crippen MR) is 131 cm³/mol. The van der Waals surface area contributed by atoms with Gasteiger partial charge >= 0.3 is 0 Å². The highest BCUT2D eigenvalue weighted by atomic mass is 32.2. The Hall–Kier alpha value is -2.71. The minimum absolute atomic E-state index is 0.0594. The van der Waals surface area contributed by atoms with E-state index in [-0.39, 0.29) is 17.7 Å². The zero-order chi connectivity index (χ0) is 24.5. The SMILES string of the molecule is Cc1cc(C)c(S(=O)(=O)N2CCC(C(=O)NCc3ccc(C(=O)NC4CC4)cc3)CC2)c(C)c1. The summed E-state index contributed by atoms with van der Waals surface area (Å²) in [5.41, 5.74) is 4.10. The van der Waals surface area contributed by atoms with Crippen molar-refractivity contribution in [2.45, 2.75) is 63.9 Å². The molecule has 1 saturated carbocycles. The van der Waals surface area contributed by atoms with E-state index in [0.717, 1.165) is 35.1 Å². The summed E-state index contributed by atoms with van der Waals surface area (Å²) in [6.45, 7) is 6.67. The van der Waals surface area contributed by atoms with Crippen molar-refractivity contribution in [2.75, 3.05) is 13.1 Å². The first-order valence-electron chi connectivity index (χ1n) is 11.9. The first kappa shape index (κ1) is 24.4. The van der Waals surface area contributed by atoms with Gasteiger partial charge in [-0.05, 0) is 75.3 Å². The summed E-state index contributed by atoms with van der Waals surface area (Å²) in [5.74, 6) is -0.332. The summed E-state index contributed by atoms with van der Waals surface area (Å²) >= 11 is 0. The monoisotopic (exact) mass is 483 g/mol. The first-order valence-corrected chi connectivity index (χ1v) is 13.3. The van der Waals surface area contributed by atoms with Gasteiger partial charge in [-0.15, -0.1) is 0 Å². The van der Waals surface area contributed by atoms with Crippen molar-refractivity contribution in [2.24, 2.45) is 5.92 Å². The van der Waals surface area contributed by atoms with Crippen molar-refractivity contribution in [3.05, 3.63) is 64.2 Å². The molecule has 1 heterocycles. The van der Waals surface area contributed by atoms with Crippen LogP contribution in [0.25, 0.3) is 0 Å². The average Bonchev–Trinajstić information content (AvgIpc) is 3.61. The number of hydrogen-bond acceptors (Lipinski definition) is 4. The molecule has 7 nitrogen and oxygen atoms in total. The molecule has 182 valence electrons. The lowest BCUT2D eigenvalue weighted by atomic mass is 9.97. The summed E-state index contributed by atoms with van der Waals surface area (Å²) in [7, 11) is -3.59. The number of carbonyl (C=O) groups is 2. The number of nitrogens with zero attached hydrogens (tertiary/aromatic N) is 1. The maximum atomic E-state index is 13.3. The number of sulfonamides is 1. The van der Waals surface area contributed by atoms with Crippen LogP contribution in [0.1, 0.15) is 58.3 Å². The molecule has 2 aromatic carbocycles. The number of aryl methyl sites for hydroxylation is 3. The van der Waals surface area contributed by atoms with Crippen LogP contribution < -0.4 is 10.6 Å². The third kappa shape index (κ3) is 5.50. The van der Waals surface area contributed by atoms with Gasteiger partial charge in [0.05, 0.1) is 4.90 Å². The molecule has 0 radical (unpaired) electrons. The van der Waals surface area contributed by atoms with Crippen molar-refractivity contribution < 1.29 is 18.0 Å². The minimum Gasteiger partial charge on any atom is -0.352 e. The van der Waals surface area contributed by atoms with Crippen LogP contribution in [-0.2, 0) is 21.4 Å². The fourth-order valence-electron chi connectivity index (χ4n) is 4.66. The van der Waals surface area contributed by atoms with Crippen molar-refractivity contribution >= 4 is 21.8 Å². The summed E-state index contributed by atoms with van der Waals surface area (Å²) in [6, 6.07) is 11.4. The third-order valence-electron chi connectivity index (χ3n) is 6.62. The van der Waals surface area contributed by atoms with Crippen LogP contribution in [-0.4, -0.2) is 43.7 Å². The van der Waals surface area contributed by atoms with Crippen LogP contribution in [0.15, 0.2) is 41.3 Å². The molecular weight excluding hydrogens is 450 g/mol. The molecule has 2 fully saturated rings. The van der Waals surface area contributed by atoms with Crippen LogP contribution in [0.3, 0.4) is 0 Å². The van der Waals surface area contributed by atoms with Gasteiger partial charge in [-0.25, -0.2) is 8.42 Å². The Kier molecular flexibility index (Phi) is 7.09. The van der Waals surface area contributed by atoms with Crippen LogP contribution in [0.5, 0.6) is 0 Å². The number of hydrogen-bond donors (Lipinski definition) is 2. The van der Waals surface area contributed by atoms with E-state index in [0.29, 0.717) is 49.0 Å². The maximum absolute atomic E-state index is 13.3. The fourth-order valence-corrected chi connectivity index (χ4v) is 6.55. The highest BCUT2D eigenvalue weighted by molar-refractivity contribution is 7.89. The molecule has 2 aromatic rings. The van der Waals surface area contributed by atoms with Gasteiger partial charge in [-0.1, -0.05) is 29.8 Å². The van der Waals surface area contributed by atoms with E-state index in [2.05, 4.69) is 10.6 Å². The Morgan fingerprint density at radius 1 is 0.941 bits per heavy atom. The van der Waals surface area contributed by atoms with Gasteiger partial charge in [0.2, 0.25) is 15.9 Å². The van der Waals surface area contributed by atoms with E-state index in [1.165, 1.54) is 4.31 Å². The molecule has 0 spiro atoms. The lowest BCUT2D eigenvalue weighted by molar-refractivity contribution is -0.126. The van der Waals surface area contributed by atoms with Gasteiger partial charge in [0, 0.05) is 37.2 Å². The Labute approximate surface area is 202 Å². The Balaban J connectivity index is 1.29. The second-order valence-corrected chi connectivity index (χ2v) is 11.4. The largest absolute Gasteiger partial charge is 0.352 e. The second-order valence-electron chi connectivity index (χ2n) is 9.57. The molecule has 1 aliphatic carbocycles. The molecule has 2 aliphatic rings. The van der Waals surface area contributed by atoms with Crippen LogP contribution >= 0.6 is 0 Å². The standard InChI is InChI=1S/C26H33N3O4S/c1-17-14-18(2)24(19(3)15-17)34(32,33)29-12-10-22(11-13-29)25(30)27-16-20-4-6-21(7-5-20)26(31)28-23-8-9-23/h4-7,14-15,22-23H,8-13,16H2,1-3H3,(H,27,30)(H,28,31). The van der Waals surface area contributed by atoms with E-state index in [1.54, 1.807) is 12.1 Å². The summed E-state index contributed by atoms with van der Waals surface area (Å²) in [5, 5.41) is 5.92. The van der Waals surface area contributed by atoms with Gasteiger partial charge in [-0.3, -0.25) is 9.59 Å². The predicted octanol–water partition coefficient (Wildman–Crippen LogP) is 3.22. The highest BCUT2D eigenvalue weighted by Crippen LogP contribution is 2.29. The van der Waals surface area contributed by atoms with Crippen molar-refractivity contribution in [1.29, 1.82) is 0 Å². The molecule has 34 heavy (non-hydrogen) atoms. The second kappa shape index (κ2) is 9.88. The lowest BCUT2D eigenvalue weighted by Gasteiger charge is -2.31. The quantitative estimate of drug-likeness (QED) is 0.632. The highest BCUT2D eigenvalue weighted by Gasteiger charge is 2.33. The van der Waals surface area contributed by atoms with Gasteiger partial charge in [0.25, 0.3) is 5.91 Å². The Morgan fingerprint density at radius 3 is 2.09 bits per heavy atom. The number of amides is 2. The maximum Gasteiger partial charge on any atom is 0.251 e. The van der Waals surface area contributed by atoms with E-state index in [4.69, 9.17) is 0 Å². The zero-order valence-electron chi connectivity index (χ0n) is 20.1. The molecular formula is C26H33N3O4S. The van der Waals surface area contributed by atoms with Gasteiger partial charge in [-0.2, -0.15) is 4.31 Å². The molecule has 0 bridgehead atoms. The van der Waals surface area contributed by atoms with Crippen LogP contribution in [0.2, 0.25) is 0 Å². The average molecular weight is 484 g/mol. The first-order chi connectivity index (χ1) is 16.1. The molecule has 4 rings (SSSR count). The molecule has 2 N–H and O–H groups in total. The number of nitrogens with one attached hydrogen (secondary N) is 2. The number of benzene rings is 2. The smallest absolute Gasteiger partial charge is 0.251 e. The summed E-state index contributed by atoms with van der Waals surface area (Å²) in [6.07, 6.45) is 3.09. The molecule has 0 aromatic heterocycles. The van der Waals surface area contributed by atoms with Crippen molar-refractivity contribution in [3.63, 3.8) is 0 Å². The minimum atomic E-state index is -3.59. The van der Waals surface area contributed by atoms with E-state index < -0.39 is 10.0 Å². The van der Waals surface area contributed by atoms with Crippen LogP contribution in [0.4, 0.5) is 0 Å². The van der Waals surface area contributed by atoms with Gasteiger partial charge in [0.15, 0.2) is 0 Å². The fraction of sp³-hybridized carbons (Fsp3) is 0.462. The molecule has 0 unspecified atom stereocenters. The molecule has 1 saturated heterocycles. The van der Waals surface area contributed by atoms with Gasteiger partial charge in [0.1, 0.15) is 0 Å². The number of piperidine rings is 1. The zero-order valence-corrected chi connectivity index (χ0v) is 20.9. The van der Waals surface area contributed by atoms with Crippen molar-refractivity contribution in [1.82, 2.24) is 14.9 Å². The van der Waals surface area contributed by atoms with Gasteiger partial charge < -0.3 is 10.6 Å².